The number of hydrogen-bond acceptors (Lipinski definition) is 5. The van der Waals surface area contributed by atoms with E-state index in [0.717, 1.165) is 29.3 Å². The molecule has 4 rings (SSSR count). The minimum absolute atomic E-state index is 0. The third-order valence-electron chi connectivity index (χ3n) is 4.96. The normalized spacial score (nSPS) is 22.7. The van der Waals surface area contributed by atoms with Crippen LogP contribution in [0.5, 0.6) is 5.75 Å². The second-order valence-corrected chi connectivity index (χ2v) is 8.40. The van der Waals surface area contributed by atoms with Crippen LogP contribution in [0, 0.1) is 0 Å². The summed E-state index contributed by atoms with van der Waals surface area (Å²) >= 11 is 7.38. The first-order valence-corrected chi connectivity index (χ1v) is 10.3. The number of rotatable bonds is 6. The molecule has 0 radical (unpaired) electrons. The lowest BCUT2D eigenvalue weighted by Gasteiger charge is -2.29. The smallest absolute Gasteiger partial charge is 0.226 e. The van der Waals surface area contributed by atoms with Crippen LogP contribution in [0.25, 0.3) is 0 Å². The predicted molar refractivity (Wildman–Crippen MR) is 117 cm³/mol. The highest BCUT2D eigenvalue weighted by atomic mass is 35.5. The second kappa shape index (κ2) is 10.6. The Morgan fingerprint density at radius 3 is 2.57 bits per heavy atom. The maximum absolute atomic E-state index is 12.3. The number of ether oxygens (including phenoxy) is 1. The Balaban J connectivity index is 0.00000140. The summed E-state index contributed by atoms with van der Waals surface area (Å²) in [5.74, 6) is 0.816. The summed E-state index contributed by atoms with van der Waals surface area (Å²) < 4.78 is 5.70. The molecule has 1 aromatic carbocycles. The second-order valence-electron chi connectivity index (χ2n) is 7.03. The molecular formula is C19H24Cl3N3O2S. The monoisotopic (exact) mass is 463 g/mol. The maximum atomic E-state index is 12.3. The van der Waals surface area contributed by atoms with Crippen molar-refractivity contribution in [1.29, 1.82) is 0 Å². The van der Waals surface area contributed by atoms with E-state index in [1.54, 1.807) is 12.1 Å². The van der Waals surface area contributed by atoms with Crippen LogP contribution in [0.2, 0.25) is 5.02 Å². The minimum Gasteiger partial charge on any atom is -0.486 e. The van der Waals surface area contributed by atoms with Gasteiger partial charge in [0.1, 0.15) is 17.4 Å². The highest BCUT2D eigenvalue weighted by molar-refractivity contribution is 7.09. The van der Waals surface area contributed by atoms with Crippen LogP contribution in [-0.4, -0.2) is 29.0 Å². The first-order chi connectivity index (χ1) is 12.6. The van der Waals surface area contributed by atoms with Crippen molar-refractivity contribution in [2.24, 2.45) is 0 Å². The number of halogens is 3. The molecule has 2 aliphatic heterocycles. The predicted octanol–water partition coefficient (Wildman–Crippen LogP) is 4.16. The van der Waals surface area contributed by atoms with E-state index in [0.29, 0.717) is 36.2 Å². The lowest BCUT2D eigenvalue weighted by Crippen LogP contribution is -2.48. The third kappa shape index (κ3) is 6.22. The molecule has 2 unspecified atom stereocenters. The van der Waals surface area contributed by atoms with Crippen molar-refractivity contribution in [3.05, 3.63) is 45.4 Å². The Kier molecular flexibility index (Phi) is 8.83. The molecule has 9 heteroatoms. The van der Waals surface area contributed by atoms with Crippen molar-refractivity contribution < 1.29 is 9.53 Å². The standard InChI is InChI=1S/C19H22ClN3O2S.2ClH/c20-12-1-5-17(6-2-12)25-10-19-23-16(11-26-19)9-18(24)22-15-7-13-3-4-14(8-15)21-13;;/h1-2,5-6,11,13-15,21H,3-4,7-10H2,(H,22,24);2*1H. The van der Waals surface area contributed by atoms with Crippen LogP contribution in [-0.2, 0) is 17.8 Å². The molecule has 2 N–H and O–H groups in total. The molecular weight excluding hydrogens is 441 g/mol. The Morgan fingerprint density at radius 2 is 1.89 bits per heavy atom. The summed E-state index contributed by atoms with van der Waals surface area (Å²) in [5.41, 5.74) is 0.805. The Hall–Kier alpha value is -1.05. The molecule has 2 aromatic rings. The van der Waals surface area contributed by atoms with Crippen molar-refractivity contribution in [2.45, 2.75) is 56.8 Å². The molecule has 0 spiro atoms. The number of hydrogen-bond donors (Lipinski definition) is 2. The van der Waals surface area contributed by atoms with E-state index >= 15 is 0 Å². The molecule has 28 heavy (non-hydrogen) atoms. The van der Waals surface area contributed by atoms with Crippen molar-refractivity contribution in [3.63, 3.8) is 0 Å². The fourth-order valence-electron chi connectivity index (χ4n) is 3.79. The fourth-order valence-corrected chi connectivity index (χ4v) is 4.62. The van der Waals surface area contributed by atoms with E-state index in [1.807, 2.05) is 17.5 Å². The van der Waals surface area contributed by atoms with Crippen LogP contribution in [0.15, 0.2) is 29.6 Å². The van der Waals surface area contributed by atoms with Crippen molar-refractivity contribution in [2.75, 3.05) is 0 Å². The van der Waals surface area contributed by atoms with Gasteiger partial charge in [0.2, 0.25) is 5.91 Å². The molecule has 2 fully saturated rings. The molecule has 2 saturated heterocycles. The summed E-state index contributed by atoms with van der Waals surface area (Å²) in [6.07, 6.45) is 4.88. The summed E-state index contributed by atoms with van der Waals surface area (Å²) in [7, 11) is 0. The molecule has 2 bridgehead atoms. The lowest BCUT2D eigenvalue weighted by atomic mass is 9.99. The van der Waals surface area contributed by atoms with Crippen molar-refractivity contribution in [3.8, 4) is 5.75 Å². The van der Waals surface area contributed by atoms with Gasteiger partial charge in [0, 0.05) is 28.5 Å². The van der Waals surface area contributed by atoms with Gasteiger partial charge < -0.3 is 15.4 Å². The summed E-state index contributed by atoms with van der Waals surface area (Å²) in [6.45, 7) is 0.394. The number of piperidine rings is 1. The van der Waals surface area contributed by atoms with Gasteiger partial charge in [-0.25, -0.2) is 4.98 Å². The van der Waals surface area contributed by atoms with E-state index in [9.17, 15) is 4.79 Å². The van der Waals surface area contributed by atoms with E-state index < -0.39 is 0 Å². The average Bonchev–Trinajstić information content (AvgIpc) is 3.20. The third-order valence-corrected chi connectivity index (χ3v) is 6.08. The van der Waals surface area contributed by atoms with Crippen molar-refractivity contribution >= 4 is 53.7 Å². The van der Waals surface area contributed by atoms with Crippen LogP contribution >= 0.6 is 47.8 Å². The zero-order chi connectivity index (χ0) is 17.9. The largest absolute Gasteiger partial charge is 0.486 e. The van der Waals surface area contributed by atoms with E-state index in [4.69, 9.17) is 16.3 Å². The van der Waals surface area contributed by atoms with Gasteiger partial charge in [-0.2, -0.15) is 0 Å². The van der Waals surface area contributed by atoms with Gasteiger partial charge >= 0.3 is 0 Å². The van der Waals surface area contributed by atoms with E-state index in [-0.39, 0.29) is 30.7 Å². The van der Waals surface area contributed by atoms with Crippen LogP contribution in [0.4, 0.5) is 0 Å². The molecule has 0 aliphatic carbocycles. The number of carbonyl (C=O) groups excluding carboxylic acids is 1. The number of fused-ring (bicyclic) bond motifs is 2. The number of thiazole rings is 1. The van der Waals surface area contributed by atoms with Gasteiger partial charge in [-0.1, -0.05) is 11.6 Å². The number of nitrogens with one attached hydrogen (secondary N) is 2. The first-order valence-electron chi connectivity index (χ1n) is 9.01. The molecule has 1 amide bonds. The van der Waals surface area contributed by atoms with Crippen LogP contribution in [0.1, 0.15) is 36.4 Å². The SMILES string of the molecule is Cl.Cl.O=C(Cc1csc(COc2ccc(Cl)cc2)n1)NC1CC2CCC(C1)N2. The molecule has 2 aliphatic rings. The Labute approximate surface area is 186 Å². The van der Waals surface area contributed by atoms with Gasteiger partial charge in [0.15, 0.2) is 0 Å². The summed E-state index contributed by atoms with van der Waals surface area (Å²) in [5, 5.41) is 10.3. The maximum Gasteiger partial charge on any atom is 0.226 e. The molecule has 2 atom stereocenters. The zero-order valence-electron chi connectivity index (χ0n) is 15.2. The van der Waals surface area contributed by atoms with Gasteiger partial charge in [-0.05, 0) is 49.9 Å². The average molecular weight is 465 g/mol. The van der Waals surface area contributed by atoms with E-state index in [1.165, 1.54) is 24.2 Å². The van der Waals surface area contributed by atoms with Crippen LogP contribution < -0.4 is 15.4 Å². The number of amides is 1. The lowest BCUT2D eigenvalue weighted by molar-refractivity contribution is -0.121. The van der Waals surface area contributed by atoms with Gasteiger partial charge in [0.05, 0.1) is 12.1 Å². The van der Waals surface area contributed by atoms with Crippen molar-refractivity contribution in [1.82, 2.24) is 15.6 Å². The molecule has 5 nitrogen and oxygen atoms in total. The number of benzene rings is 1. The minimum atomic E-state index is 0. The topological polar surface area (TPSA) is 63.2 Å². The Bertz CT molecular complexity index is 760. The molecule has 3 heterocycles. The number of aromatic nitrogens is 1. The van der Waals surface area contributed by atoms with E-state index in [2.05, 4.69) is 15.6 Å². The number of carbonyl (C=O) groups is 1. The van der Waals surface area contributed by atoms with Crippen LogP contribution in [0.3, 0.4) is 0 Å². The zero-order valence-corrected chi connectivity index (χ0v) is 18.4. The molecule has 154 valence electrons. The molecule has 1 aromatic heterocycles. The number of nitrogens with zero attached hydrogens (tertiary/aromatic N) is 1. The van der Waals surface area contributed by atoms with Gasteiger partial charge in [-0.15, -0.1) is 36.2 Å². The highest BCUT2D eigenvalue weighted by Crippen LogP contribution is 2.26. The van der Waals surface area contributed by atoms with Gasteiger partial charge in [-0.3, -0.25) is 4.79 Å². The quantitative estimate of drug-likeness (QED) is 0.674. The summed E-state index contributed by atoms with van der Waals surface area (Å²) in [6, 6.07) is 8.70. The first kappa shape index (κ1) is 23.2. The fraction of sp³-hybridized carbons (Fsp3) is 0.474. The molecule has 0 saturated carbocycles. The summed E-state index contributed by atoms with van der Waals surface area (Å²) in [4.78, 5) is 16.8. The highest BCUT2D eigenvalue weighted by Gasteiger charge is 2.33. The van der Waals surface area contributed by atoms with Gasteiger partial charge in [0.25, 0.3) is 0 Å². The Morgan fingerprint density at radius 1 is 1.21 bits per heavy atom.